The summed E-state index contributed by atoms with van der Waals surface area (Å²) >= 11 is 0. The van der Waals surface area contributed by atoms with Crippen molar-refractivity contribution >= 4 is 18.0 Å². The second kappa shape index (κ2) is 7.63. The Morgan fingerprint density at radius 2 is 1.81 bits per heavy atom. The molecule has 1 aliphatic rings. The highest BCUT2D eigenvalue weighted by molar-refractivity contribution is 5.98. The van der Waals surface area contributed by atoms with E-state index in [4.69, 9.17) is 19.6 Å². The van der Waals surface area contributed by atoms with Gasteiger partial charge in [-0.2, -0.15) is 0 Å². The van der Waals surface area contributed by atoms with Crippen molar-refractivity contribution in [3.8, 4) is 5.75 Å². The fourth-order valence-corrected chi connectivity index (χ4v) is 2.59. The zero-order chi connectivity index (χ0) is 19.5. The molecule has 8 nitrogen and oxygen atoms in total. The van der Waals surface area contributed by atoms with Crippen molar-refractivity contribution in [3.05, 3.63) is 29.8 Å². The molecule has 1 aromatic carbocycles. The summed E-state index contributed by atoms with van der Waals surface area (Å²) in [5.41, 5.74) is 0.178. The summed E-state index contributed by atoms with van der Waals surface area (Å²) in [6, 6.07) is 6.52. The number of guanidine groups is 1. The van der Waals surface area contributed by atoms with Gasteiger partial charge in [-0.05, 0) is 38.5 Å². The number of nitrogens with zero attached hydrogens (tertiary/aromatic N) is 2. The van der Waals surface area contributed by atoms with Crippen LogP contribution in [0.25, 0.3) is 0 Å². The molecule has 0 aliphatic carbocycles. The number of esters is 1. The molecule has 142 valence electrons. The summed E-state index contributed by atoms with van der Waals surface area (Å²) in [5.74, 6) is 0.116. The summed E-state index contributed by atoms with van der Waals surface area (Å²) in [6.07, 6.45) is -0.659. The first-order valence-electron chi connectivity index (χ1n) is 8.22. The Kier molecular flexibility index (Phi) is 5.74. The monoisotopic (exact) mass is 363 g/mol. The molecule has 1 N–H and O–H groups in total. The van der Waals surface area contributed by atoms with Crippen LogP contribution in [0.3, 0.4) is 0 Å². The summed E-state index contributed by atoms with van der Waals surface area (Å²) in [7, 11) is 2.87. The summed E-state index contributed by atoms with van der Waals surface area (Å²) in [5, 5.41) is 8.35. The Labute approximate surface area is 153 Å². The van der Waals surface area contributed by atoms with Gasteiger partial charge in [-0.25, -0.2) is 14.5 Å². The van der Waals surface area contributed by atoms with Crippen molar-refractivity contribution in [2.45, 2.75) is 39.0 Å². The van der Waals surface area contributed by atoms with Crippen molar-refractivity contribution in [3.63, 3.8) is 0 Å². The molecule has 26 heavy (non-hydrogen) atoms. The van der Waals surface area contributed by atoms with E-state index in [1.165, 1.54) is 12.0 Å². The molecule has 1 aliphatic heterocycles. The highest BCUT2D eigenvalue weighted by Crippen LogP contribution is 2.23. The third-order valence-corrected chi connectivity index (χ3v) is 3.86. The molecule has 0 saturated carbocycles. The van der Waals surface area contributed by atoms with Crippen molar-refractivity contribution < 1.29 is 23.8 Å². The number of hydrogen-bond acceptors (Lipinski definition) is 6. The van der Waals surface area contributed by atoms with Crippen LogP contribution in [0, 0.1) is 5.41 Å². The Hall–Kier alpha value is -2.77. The highest BCUT2D eigenvalue weighted by Gasteiger charge is 2.43. The van der Waals surface area contributed by atoms with E-state index in [1.54, 1.807) is 40.0 Å². The van der Waals surface area contributed by atoms with Gasteiger partial charge in [0.1, 0.15) is 17.4 Å². The molecule has 0 radical (unpaired) electrons. The van der Waals surface area contributed by atoms with Crippen LogP contribution in [-0.2, 0) is 20.8 Å². The minimum absolute atomic E-state index is 0.0105. The summed E-state index contributed by atoms with van der Waals surface area (Å²) in [6.45, 7) is 5.53. The zero-order valence-electron chi connectivity index (χ0n) is 15.7. The van der Waals surface area contributed by atoms with E-state index in [1.807, 2.05) is 12.1 Å². The van der Waals surface area contributed by atoms with Crippen LogP contribution in [0.1, 0.15) is 26.3 Å². The minimum atomic E-state index is -0.762. The van der Waals surface area contributed by atoms with E-state index < -0.39 is 23.7 Å². The van der Waals surface area contributed by atoms with Gasteiger partial charge in [-0.15, -0.1) is 0 Å². The fourth-order valence-electron chi connectivity index (χ4n) is 2.59. The maximum atomic E-state index is 12.4. The Morgan fingerprint density at radius 1 is 1.19 bits per heavy atom. The van der Waals surface area contributed by atoms with Gasteiger partial charge in [0.05, 0.1) is 20.8 Å². The van der Waals surface area contributed by atoms with E-state index in [9.17, 15) is 9.59 Å². The number of hydrogen-bond donors (Lipinski definition) is 1. The molecule has 1 aromatic rings. The van der Waals surface area contributed by atoms with Crippen molar-refractivity contribution in [2.75, 3.05) is 20.8 Å². The maximum Gasteiger partial charge on any atom is 0.417 e. The second-order valence-corrected chi connectivity index (χ2v) is 6.93. The van der Waals surface area contributed by atoms with Gasteiger partial charge in [0.25, 0.3) is 0 Å². The number of carbonyl (C=O) groups is 2. The standard InChI is InChI=1S/C18H25N3O5/c1-18(2,3)26-17(23)21-11-14(15(22)25-5)20(16(21)19)10-12-6-8-13(24-4)9-7-12/h6-9,14,19H,10-11H2,1-5H3/t14-/m0/s1. The molecule has 0 aromatic heterocycles. The number of methoxy groups -OCH3 is 2. The quantitative estimate of drug-likeness (QED) is 0.825. The maximum absolute atomic E-state index is 12.4. The number of carbonyl (C=O) groups excluding carboxylic acids is 2. The molecule has 1 amide bonds. The van der Waals surface area contributed by atoms with Crippen LogP contribution in [0.15, 0.2) is 24.3 Å². The van der Waals surface area contributed by atoms with E-state index >= 15 is 0 Å². The van der Waals surface area contributed by atoms with E-state index in [0.29, 0.717) is 5.75 Å². The minimum Gasteiger partial charge on any atom is -0.497 e. The molecule has 0 unspecified atom stereocenters. The van der Waals surface area contributed by atoms with Gasteiger partial charge < -0.3 is 19.1 Å². The molecule has 8 heteroatoms. The number of rotatable bonds is 4. The Morgan fingerprint density at radius 3 is 2.31 bits per heavy atom. The van der Waals surface area contributed by atoms with Crippen LogP contribution in [-0.4, -0.2) is 60.2 Å². The lowest BCUT2D eigenvalue weighted by Crippen LogP contribution is -2.41. The zero-order valence-corrected chi connectivity index (χ0v) is 15.7. The number of nitrogens with one attached hydrogen (secondary N) is 1. The summed E-state index contributed by atoms with van der Waals surface area (Å²) in [4.78, 5) is 27.2. The fraction of sp³-hybridized carbons (Fsp3) is 0.500. The van der Waals surface area contributed by atoms with Crippen molar-refractivity contribution in [2.24, 2.45) is 0 Å². The molecule has 0 bridgehead atoms. The first-order chi connectivity index (χ1) is 12.2. The SMILES string of the molecule is COC(=O)[C@@H]1CN(C(=O)OC(C)(C)C)C(=N)N1Cc1ccc(OC)cc1. The average molecular weight is 363 g/mol. The van der Waals surface area contributed by atoms with Gasteiger partial charge in [0.2, 0.25) is 5.96 Å². The second-order valence-electron chi connectivity index (χ2n) is 6.93. The van der Waals surface area contributed by atoms with Crippen LogP contribution in [0.4, 0.5) is 4.79 Å². The first kappa shape index (κ1) is 19.6. The largest absolute Gasteiger partial charge is 0.497 e. The number of amides is 1. The third kappa shape index (κ3) is 4.44. The van der Waals surface area contributed by atoms with Crippen LogP contribution in [0.5, 0.6) is 5.75 Å². The number of benzene rings is 1. The Bertz CT molecular complexity index is 681. The predicted molar refractivity (Wildman–Crippen MR) is 95.0 cm³/mol. The molecule has 1 saturated heterocycles. The van der Waals surface area contributed by atoms with Crippen molar-refractivity contribution in [1.82, 2.24) is 9.80 Å². The van der Waals surface area contributed by atoms with Gasteiger partial charge in [0.15, 0.2) is 0 Å². The normalized spacial score (nSPS) is 17.3. The molecular formula is C18H25N3O5. The van der Waals surface area contributed by atoms with Gasteiger partial charge in [-0.1, -0.05) is 12.1 Å². The molecule has 1 fully saturated rings. The van der Waals surface area contributed by atoms with Gasteiger partial charge >= 0.3 is 12.1 Å². The smallest absolute Gasteiger partial charge is 0.417 e. The molecule has 1 atom stereocenters. The van der Waals surface area contributed by atoms with Crippen LogP contribution >= 0.6 is 0 Å². The highest BCUT2D eigenvalue weighted by atomic mass is 16.6. The summed E-state index contributed by atoms with van der Waals surface area (Å²) < 4.78 is 15.3. The first-order valence-corrected chi connectivity index (χ1v) is 8.22. The van der Waals surface area contributed by atoms with Gasteiger partial charge in [-0.3, -0.25) is 5.41 Å². The molecule has 0 spiro atoms. The number of ether oxygens (including phenoxy) is 3. The lowest BCUT2D eigenvalue weighted by Gasteiger charge is -2.25. The molecule has 2 rings (SSSR count). The van der Waals surface area contributed by atoms with E-state index in [2.05, 4.69) is 0 Å². The molecular weight excluding hydrogens is 338 g/mol. The average Bonchev–Trinajstić information content (AvgIpc) is 2.90. The Balaban J connectivity index is 2.21. The lowest BCUT2D eigenvalue weighted by molar-refractivity contribution is -0.144. The molecule has 1 heterocycles. The third-order valence-electron chi connectivity index (χ3n) is 3.86. The topological polar surface area (TPSA) is 92.2 Å². The predicted octanol–water partition coefficient (Wildman–Crippen LogP) is 2.22. The lowest BCUT2D eigenvalue weighted by atomic mass is 10.2. The van der Waals surface area contributed by atoms with Gasteiger partial charge in [0, 0.05) is 6.54 Å². The van der Waals surface area contributed by atoms with Crippen molar-refractivity contribution in [1.29, 1.82) is 5.41 Å². The van der Waals surface area contributed by atoms with Crippen LogP contribution < -0.4 is 4.74 Å². The van der Waals surface area contributed by atoms with E-state index in [0.717, 1.165) is 10.5 Å². The van der Waals surface area contributed by atoms with Crippen LogP contribution in [0.2, 0.25) is 0 Å². The van der Waals surface area contributed by atoms with E-state index in [-0.39, 0.29) is 19.0 Å².